The van der Waals surface area contributed by atoms with Crippen molar-refractivity contribution in [2.45, 2.75) is 0 Å². The zero-order valence-electron chi connectivity index (χ0n) is 12.0. The van der Waals surface area contributed by atoms with Gasteiger partial charge in [-0.2, -0.15) is 0 Å². The van der Waals surface area contributed by atoms with Crippen molar-refractivity contribution >= 4 is 17.4 Å². The summed E-state index contributed by atoms with van der Waals surface area (Å²) in [4.78, 5) is 12.6. The molecule has 0 saturated carbocycles. The summed E-state index contributed by atoms with van der Waals surface area (Å²) >= 11 is 5.84. The Kier molecular flexibility index (Phi) is 4.70. The minimum Gasteiger partial charge on any atom is -0.496 e. The fraction of sp³-hybridized carbons (Fsp3) is 0.188. The zero-order valence-corrected chi connectivity index (χ0v) is 12.7. The van der Waals surface area contributed by atoms with Crippen LogP contribution in [-0.2, 0) is 0 Å². The molecule has 21 heavy (non-hydrogen) atoms. The van der Waals surface area contributed by atoms with E-state index in [1.165, 1.54) is 21.3 Å². The number of hydrogen-bond acceptors (Lipinski definition) is 4. The fourth-order valence-electron chi connectivity index (χ4n) is 1.96. The van der Waals surface area contributed by atoms with Gasteiger partial charge >= 0.3 is 0 Å². The van der Waals surface area contributed by atoms with Crippen LogP contribution in [0.1, 0.15) is 15.9 Å². The molecule has 0 spiro atoms. The topological polar surface area (TPSA) is 44.8 Å². The monoisotopic (exact) mass is 306 g/mol. The number of methoxy groups -OCH3 is 3. The largest absolute Gasteiger partial charge is 0.496 e. The third-order valence-electron chi connectivity index (χ3n) is 3.06. The van der Waals surface area contributed by atoms with Gasteiger partial charge in [-0.3, -0.25) is 4.79 Å². The van der Waals surface area contributed by atoms with Gasteiger partial charge in [-0.1, -0.05) is 11.6 Å². The second-order valence-corrected chi connectivity index (χ2v) is 4.68. The van der Waals surface area contributed by atoms with Crippen molar-refractivity contribution in [1.29, 1.82) is 0 Å². The second-order valence-electron chi connectivity index (χ2n) is 4.24. The predicted octanol–water partition coefficient (Wildman–Crippen LogP) is 3.60. The second kappa shape index (κ2) is 6.50. The van der Waals surface area contributed by atoms with Gasteiger partial charge in [-0.25, -0.2) is 0 Å². The maximum atomic E-state index is 12.6. The summed E-state index contributed by atoms with van der Waals surface area (Å²) in [6.07, 6.45) is 0. The Morgan fingerprint density at radius 2 is 1.38 bits per heavy atom. The molecule has 110 valence electrons. The first kappa shape index (κ1) is 15.2. The Balaban J connectivity index is 2.51. The molecule has 0 unspecified atom stereocenters. The Bertz CT molecular complexity index is 650. The van der Waals surface area contributed by atoms with Crippen molar-refractivity contribution in [3.8, 4) is 17.2 Å². The van der Waals surface area contributed by atoms with E-state index in [1.807, 2.05) is 0 Å². The molecular weight excluding hydrogens is 292 g/mol. The van der Waals surface area contributed by atoms with E-state index in [4.69, 9.17) is 25.8 Å². The van der Waals surface area contributed by atoms with E-state index in [1.54, 1.807) is 36.4 Å². The Labute approximate surface area is 128 Å². The van der Waals surface area contributed by atoms with E-state index >= 15 is 0 Å². The van der Waals surface area contributed by atoms with Crippen molar-refractivity contribution in [2.75, 3.05) is 21.3 Å². The zero-order chi connectivity index (χ0) is 15.4. The SMILES string of the molecule is COc1cc(OC)c(C(=O)c2ccc(Cl)cc2)cc1OC. The molecule has 4 nitrogen and oxygen atoms in total. The molecule has 0 fully saturated rings. The molecule has 0 N–H and O–H groups in total. The maximum Gasteiger partial charge on any atom is 0.196 e. The lowest BCUT2D eigenvalue weighted by molar-refractivity contribution is 0.103. The third-order valence-corrected chi connectivity index (χ3v) is 3.31. The number of hydrogen-bond donors (Lipinski definition) is 0. The van der Waals surface area contributed by atoms with Crippen LogP contribution in [0.15, 0.2) is 36.4 Å². The predicted molar refractivity (Wildman–Crippen MR) is 81.0 cm³/mol. The molecule has 0 radical (unpaired) electrons. The normalized spacial score (nSPS) is 10.1. The van der Waals surface area contributed by atoms with E-state index in [0.717, 1.165) is 0 Å². The summed E-state index contributed by atoms with van der Waals surface area (Å²) in [6, 6.07) is 9.91. The molecular formula is C16H15ClO4. The van der Waals surface area contributed by atoms with Crippen molar-refractivity contribution in [2.24, 2.45) is 0 Å². The van der Waals surface area contributed by atoms with Gasteiger partial charge in [0.2, 0.25) is 0 Å². The van der Waals surface area contributed by atoms with Crippen LogP contribution in [0.3, 0.4) is 0 Å². The lowest BCUT2D eigenvalue weighted by Gasteiger charge is -2.13. The van der Waals surface area contributed by atoms with E-state index in [-0.39, 0.29) is 5.78 Å². The summed E-state index contributed by atoms with van der Waals surface area (Å²) in [5.41, 5.74) is 0.919. The van der Waals surface area contributed by atoms with Gasteiger partial charge in [0.15, 0.2) is 17.3 Å². The van der Waals surface area contributed by atoms with Crippen LogP contribution < -0.4 is 14.2 Å². The highest BCUT2D eigenvalue weighted by atomic mass is 35.5. The minimum absolute atomic E-state index is 0.176. The molecule has 5 heteroatoms. The summed E-state index contributed by atoms with van der Waals surface area (Å²) in [6.45, 7) is 0. The number of ketones is 1. The highest BCUT2D eigenvalue weighted by Gasteiger charge is 2.19. The number of benzene rings is 2. The summed E-state index contributed by atoms with van der Waals surface area (Å²) in [7, 11) is 4.54. The van der Waals surface area contributed by atoms with E-state index in [2.05, 4.69) is 0 Å². The molecule has 2 aromatic carbocycles. The molecule has 2 rings (SSSR count). The molecule has 0 atom stereocenters. The van der Waals surface area contributed by atoms with Crippen LogP contribution in [-0.4, -0.2) is 27.1 Å². The third kappa shape index (κ3) is 3.11. The average Bonchev–Trinajstić information content (AvgIpc) is 2.53. The molecule has 0 heterocycles. The van der Waals surface area contributed by atoms with Crippen molar-refractivity contribution in [1.82, 2.24) is 0 Å². The Morgan fingerprint density at radius 3 is 1.90 bits per heavy atom. The smallest absolute Gasteiger partial charge is 0.196 e. The van der Waals surface area contributed by atoms with Crippen LogP contribution in [0.5, 0.6) is 17.2 Å². The summed E-state index contributed by atoms with van der Waals surface area (Å²) < 4.78 is 15.7. The molecule has 0 saturated heterocycles. The molecule has 0 aliphatic rings. The van der Waals surface area contributed by atoms with Gasteiger partial charge < -0.3 is 14.2 Å². The van der Waals surface area contributed by atoms with Crippen LogP contribution in [0.25, 0.3) is 0 Å². The first-order valence-corrected chi connectivity index (χ1v) is 6.58. The van der Waals surface area contributed by atoms with Gasteiger partial charge in [0.1, 0.15) is 5.75 Å². The van der Waals surface area contributed by atoms with Crippen molar-refractivity contribution in [3.05, 3.63) is 52.5 Å². The van der Waals surface area contributed by atoms with Crippen molar-refractivity contribution < 1.29 is 19.0 Å². The average molecular weight is 307 g/mol. The lowest BCUT2D eigenvalue weighted by atomic mass is 10.0. The molecule has 0 amide bonds. The quantitative estimate of drug-likeness (QED) is 0.792. The first-order chi connectivity index (χ1) is 10.1. The minimum atomic E-state index is -0.176. The molecule has 2 aromatic rings. The highest BCUT2D eigenvalue weighted by molar-refractivity contribution is 6.30. The number of carbonyl (C=O) groups excluding carboxylic acids is 1. The van der Waals surface area contributed by atoms with Crippen LogP contribution in [0.2, 0.25) is 5.02 Å². The van der Waals surface area contributed by atoms with Crippen LogP contribution >= 0.6 is 11.6 Å². The molecule has 0 aromatic heterocycles. The molecule has 0 aliphatic carbocycles. The van der Waals surface area contributed by atoms with Gasteiger partial charge in [-0.15, -0.1) is 0 Å². The van der Waals surface area contributed by atoms with Crippen LogP contribution in [0.4, 0.5) is 0 Å². The summed E-state index contributed by atoms with van der Waals surface area (Å²) in [5.74, 6) is 1.22. The summed E-state index contributed by atoms with van der Waals surface area (Å²) in [5, 5.41) is 0.575. The van der Waals surface area contributed by atoms with Gasteiger partial charge in [0.05, 0.1) is 26.9 Å². The van der Waals surface area contributed by atoms with Gasteiger partial charge in [0.25, 0.3) is 0 Å². The Hall–Kier alpha value is -2.20. The van der Waals surface area contributed by atoms with Crippen molar-refractivity contribution in [3.63, 3.8) is 0 Å². The maximum absolute atomic E-state index is 12.6. The van der Waals surface area contributed by atoms with E-state index < -0.39 is 0 Å². The van der Waals surface area contributed by atoms with E-state index in [9.17, 15) is 4.79 Å². The van der Waals surface area contributed by atoms with Crippen LogP contribution in [0, 0.1) is 0 Å². The number of rotatable bonds is 5. The number of halogens is 1. The lowest BCUT2D eigenvalue weighted by Crippen LogP contribution is -2.05. The van der Waals surface area contributed by atoms with Gasteiger partial charge in [-0.05, 0) is 30.3 Å². The standard InChI is InChI=1S/C16H15ClO4/c1-19-13-9-15(21-3)14(20-2)8-12(13)16(18)10-4-6-11(17)7-5-10/h4-9H,1-3H3. The fourth-order valence-corrected chi connectivity index (χ4v) is 2.09. The molecule has 0 aliphatic heterocycles. The molecule has 0 bridgehead atoms. The Morgan fingerprint density at radius 1 is 0.857 bits per heavy atom. The highest BCUT2D eigenvalue weighted by Crippen LogP contribution is 2.35. The number of ether oxygens (including phenoxy) is 3. The first-order valence-electron chi connectivity index (χ1n) is 6.21. The number of carbonyl (C=O) groups is 1. The van der Waals surface area contributed by atoms with Gasteiger partial charge in [0, 0.05) is 16.7 Å². The van der Waals surface area contributed by atoms with E-state index in [0.29, 0.717) is 33.4 Å².